The summed E-state index contributed by atoms with van der Waals surface area (Å²) < 4.78 is 0. The second kappa shape index (κ2) is 2.58. The van der Waals surface area contributed by atoms with Gasteiger partial charge in [-0.05, 0) is 6.92 Å². The Labute approximate surface area is 43.4 Å². The van der Waals surface area contributed by atoms with Crippen LogP contribution in [0.1, 0.15) is 6.92 Å². The Kier molecular flexibility index (Phi) is 2.37. The Bertz CT molecular complexity index is 75.0. The quantitative estimate of drug-likeness (QED) is 0.339. The molecule has 0 fully saturated rings. The number of rotatable bonds is 1. The largest absolute Gasteiger partial charge is 0.386 e. The number of hydrogen-bond donors (Lipinski definition) is 2. The van der Waals surface area contributed by atoms with Crippen molar-refractivity contribution in [3.05, 3.63) is 0 Å². The molecule has 0 radical (unpaired) electrons. The fraction of sp³-hybridized carbons (Fsp3) is 0.750. The van der Waals surface area contributed by atoms with Crippen LogP contribution in [0, 0.1) is 0 Å². The maximum Gasteiger partial charge on any atom is 0.110 e. The molecule has 0 amide bonds. The van der Waals surface area contributed by atoms with E-state index in [1.807, 2.05) is 0 Å². The summed E-state index contributed by atoms with van der Waals surface area (Å²) in [5.74, 6) is 0.500. The summed E-state index contributed by atoms with van der Waals surface area (Å²) in [5.41, 5.74) is 10.5. The van der Waals surface area contributed by atoms with E-state index in [1.165, 1.54) is 0 Å². The third kappa shape index (κ3) is 2.17. The molecule has 0 aromatic rings. The molecule has 0 aromatic carbocycles. The van der Waals surface area contributed by atoms with Gasteiger partial charge >= 0.3 is 0 Å². The molecule has 1 atom stereocenters. The fourth-order valence-corrected chi connectivity index (χ4v) is 0.204. The first-order valence-corrected chi connectivity index (χ1v) is 2.16. The van der Waals surface area contributed by atoms with Crippen molar-refractivity contribution in [3.8, 4) is 0 Å². The molecule has 0 heterocycles. The number of aliphatic imine (C=N–C) groups is 1. The normalized spacial score (nSPS) is 16.7. The summed E-state index contributed by atoms with van der Waals surface area (Å²) >= 11 is 0. The maximum atomic E-state index is 5.29. The van der Waals surface area contributed by atoms with Gasteiger partial charge in [-0.2, -0.15) is 0 Å². The average molecular weight is 101 g/mol. The summed E-state index contributed by atoms with van der Waals surface area (Å²) in [6.07, 6.45) is 0. The molecule has 0 saturated carbocycles. The van der Waals surface area contributed by atoms with Crippen molar-refractivity contribution < 1.29 is 0 Å². The van der Waals surface area contributed by atoms with E-state index in [0.29, 0.717) is 5.84 Å². The van der Waals surface area contributed by atoms with Gasteiger partial charge in [0.15, 0.2) is 0 Å². The smallest absolute Gasteiger partial charge is 0.110 e. The van der Waals surface area contributed by atoms with E-state index in [-0.39, 0.29) is 6.04 Å². The van der Waals surface area contributed by atoms with E-state index >= 15 is 0 Å². The van der Waals surface area contributed by atoms with E-state index in [2.05, 4.69) is 4.99 Å². The highest BCUT2D eigenvalue weighted by Crippen LogP contribution is 1.71. The zero-order valence-corrected chi connectivity index (χ0v) is 4.68. The van der Waals surface area contributed by atoms with Crippen LogP contribution in [0.3, 0.4) is 0 Å². The second-order valence-corrected chi connectivity index (χ2v) is 1.44. The van der Waals surface area contributed by atoms with Gasteiger partial charge in [0, 0.05) is 7.05 Å². The first-order valence-electron chi connectivity index (χ1n) is 2.16. The zero-order chi connectivity index (χ0) is 5.86. The van der Waals surface area contributed by atoms with Crippen molar-refractivity contribution in [1.82, 2.24) is 0 Å². The molecule has 1 unspecified atom stereocenters. The molecule has 0 aliphatic carbocycles. The van der Waals surface area contributed by atoms with Crippen molar-refractivity contribution >= 4 is 5.84 Å². The minimum Gasteiger partial charge on any atom is -0.386 e. The van der Waals surface area contributed by atoms with E-state index < -0.39 is 0 Å². The molecule has 0 rings (SSSR count). The van der Waals surface area contributed by atoms with Gasteiger partial charge in [-0.25, -0.2) is 0 Å². The van der Waals surface area contributed by atoms with E-state index in [4.69, 9.17) is 11.5 Å². The van der Waals surface area contributed by atoms with Crippen LogP contribution in [0.25, 0.3) is 0 Å². The molecule has 7 heavy (non-hydrogen) atoms. The molecule has 0 aromatic heterocycles. The van der Waals surface area contributed by atoms with E-state index in [1.54, 1.807) is 14.0 Å². The van der Waals surface area contributed by atoms with Crippen LogP contribution in [-0.2, 0) is 0 Å². The molecule has 3 heteroatoms. The summed E-state index contributed by atoms with van der Waals surface area (Å²) in [6.45, 7) is 1.79. The fourth-order valence-electron chi connectivity index (χ4n) is 0.204. The van der Waals surface area contributed by atoms with Crippen LogP contribution in [0.15, 0.2) is 4.99 Å². The number of nitrogens with two attached hydrogens (primary N) is 2. The third-order valence-electron chi connectivity index (χ3n) is 0.725. The number of hydrogen-bond acceptors (Lipinski definition) is 2. The first-order chi connectivity index (χ1) is 3.18. The summed E-state index contributed by atoms with van der Waals surface area (Å²) in [7, 11) is 1.62. The van der Waals surface area contributed by atoms with Crippen molar-refractivity contribution in [2.75, 3.05) is 7.05 Å². The molecule has 0 aliphatic rings. The van der Waals surface area contributed by atoms with Gasteiger partial charge in [0.2, 0.25) is 0 Å². The van der Waals surface area contributed by atoms with Crippen LogP contribution in [0.4, 0.5) is 0 Å². The van der Waals surface area contributed by atoms with Crippen LogP contribution >= 0.6 is 0 Å². The Balaban J connectivity index is 3.56. The topological polar surface area (TPSA) is 64.4 Å². The molecule has 42 valence electrons. The lowest BCUT2D eigenvalue weighted by Gasteiger charge is -1.99. The van der Waals surface area contributed by atoms with Gasteiger partial charge in [-0.1, -0.05) is 0 Å². The molecular weight excluding hydrogens is 90.1 g/mol. The third-order valence-corrected chi connectivity index (χ3v) is 0.725. The maximum absolute atomic E-state index is 5.29. The average Bonchev–Trinajstić information content (AvgIpc) is 1.65. The van der Waals surface area contributed by atoms with E-state index in [9.17, 15) is 0 Å². The summed E-state index contributed by atoms with van der Waals surface area (Å²) in [6, 6.07) is -0.106. The molecule has 0 bridgehead atoms. The van der Waals surface area contributed by atoms with Gasteiger partial charge in [-0.3, -0.25) is 4.99 Å². The molecular formula is C4H11N3. The highest BCUT2D eigenvalue weighted by molar-refractivity contribution is 5.84. The monoisotopic (exact) mass is 101 g/mol. The Morgan fingerprint density at radius 3 is 2.14 bits per heavy atom. The van der Waals surface area contributed by atoms with Crippen molar-refractivity contribution in [1.29, 1.82) is 0 Å². The zero-order valence-electron chi connectivity index (χ0n) is 4.68. The highest BCUT2D eigenvalue weighted by Gasteiger charge is 1.93. The van der Waals surface area contributed by atoms with Crippen molar-refractivity contribution in [3.63, 3.8) is 0 Å². The Hall–Kier alpha value is -0.570. The van der Waals surface area contributed by atoms with Gasteiger partial charge in [-0.15, -0.1) is 0 Å². The van der Waals surface area contributed by atoms with Gasteiger partial charge in [0.25, 0.3) is 0 Å². The van der Waals surface area contributed by atoms with Crippen LogP contribution in [0.2, 0.25) is 0 Å². The molecule has 0 aliphatic heterocycles. The summed E-state index contributed by atoms with van der Waals surface area (Å²) in [5, 5.41) is 0. The van der Waals surface area contributed by atoms with Crippen LogP contribution in [-0.4, -0.2) is 18.9 Å². The minimum atomic E-state index is -0.106. The predicted octanol–water partition coefficient (Wildman–Crippen LogP) is -0.679. The Morgan fingerprint density at radius 1 is 1.71 bits per heavy atom. The number of nitrogens with zero attached hydrogens (tertiary/aromatic N) is 1. The van der Waals surface area contributed by atoms with Crippen LogP contribution < -0.4 is 11.5 Å². The second-order valence-electron chi connectivity index (χ2n) is 1.44. The molecule has 4 N–H and O–H groups in total. The standard InChI is InChI=1S/C4H11N3/c1-3(5)4(6)7-2/h3H,5H2,1-2H3,(H2,6,7). The molecule has 0 spiro atoms. The van der Waals surface area contributed by atoms with Gasteiger partial charge in [0.1, 0.15) is 5.84 Å². The van der Waals surface area contributed by atoms with Crippen molar-refractivity contribution in [2.45, 2.75) is 13.0 Å². The molecule has 3 nitrogen and oxygen atoms in total. The van der Waals surface area contributed by atoms with E-state index in [0.717, 1.165) is 0 Å². The Morgan fingerprint density at radius 2 is 2.14 bits per heavy atom. The van der Waals surface area contributed by atoms with Gasteiger partial charge < -0.3 is 11.5 Å². The van der Waals surface area contributed by atoms with Gasteiger partial charge in [0.05, 0.1) is 6.04 Å². The summed E-state index contributed by atoms with van der Waals surface area (Å²) in [4.78, 5) is 3.66. The SMILES string of the molecule is CN=C(N)C(C)N. The lowest BCUT2D eigenvalue weighted by atomic mass is 10.3. The van der Waals surface area contributed by atoms with Crippen LogP contribution in [0.5, 0.6) is 0 Å². The lowest BCUT2D eigenvalue weighted by molar-refractivity contribution is 0.956. The minimum absolute atomic E-state index is 0.106. The van der Waals surface area contributed by atoms with Crippen molar-refractivity contribution in [2.24, 2.45) is 16.5 Å². The number of amidine groups is 1. The predicted molar refractivity (Wildman–Crippen MR) is 31.2 cm³/mol. The highest BCUT2D eigenvalue weighted by atomic mass is 14.9. The lowest BCUT2D eigenvalue weighted by Crippen LogP contribution is -2.33. The molecule has 0 saturated heterocycles. The first kappa shape index (κ1) is 6.43.